The van der Waals surface area contributed by atoms with E-state index in [1.807, 2.05) is 6.08 Å². The van der Waals surface area contributed by atoms with Crippen molar-refractivity contribution in [1.29, 1.82) is 0 Å². The zero-order valence-electron chi connectivity index (χ0n) is 10.3. The quantitative estimate of drug-likeness (QED) is 0.892. The van der Waals surface area contributed by atoms with Gasteiger partial charge in [-0.05, 0) is 36.6 Å². The fourth-order valence-corrected chi connectivity index (χ4v) is 2.15. The number of hydrogen-bond acceptors (Lipinski definition) is 2. The standard InChI is InChI=1S/C14H17FNO2/c1-10(17)14(18)16-8-6-12(7-9-16)11-2-4-13(15)5-3-11/h2-6,10,14,17H,7-9H2,1H3. The predicted octanol–water partition coefficient (Wildman–Crippen LogP) is 2.05. The average Bonchev–Trinajstić information content (AvgIpc) is 2.39. The maximum Gasteiger partial charge on any atom is 0.172 e. The molecule has 18 heavy (non-hydrogen) atoms. The number of benzene rings is 1. The highest BCUT2D eigenvalue weighted by atomic mass is 19.1. The van der Waals surface area contributed by atoms with Crippen LogP contribution in [-0.4, -0.2) is 35.4 Å². The smallest absolute Gasteiger partial charge is 0.172 e. The molecule has 0 spiro atoms. The molecule has 0 aliphatic carbocycles. The summed E-state index contributed by atoms with van der Waals surface area (Å²) in [6.07, 6.45) is 0.781. The van der Waals surface area contributed by atoms with Gasteiger partial charge in [0.25, 0.3) is 0 Å². The third-order valence-corrected chi connectivity index (χ3v) is 3.23. The predicted molar refractivity (Wildman–Crippen MR) is 66.7 cm³/mol. The van der Waals surface area contributed by atoms with Gasteiger partial charge in [0.05, 0.1) is 6.10 Å². The second-order valence-electron chi connectivity index (χ2n) is 4.61. The largest absolute Gasteiger partial charge is 0.389 e. The molecule has 0 amide bonds. The first-order valence-electron chi connectivity index (χ1n) is 6.11. The number of hydrogen-bond donors (Lipinski definition) is 1. The lowest BCUT2D eigenvalue weighted by atomic mass is 9.99. The zero-order valence-corrected chi connectivity index (χ0v) is 10.3. The molecule has 1 aromatic rings. The van der Waals surface area contributed by atoms with Crippen LogP contribution in [0, 0.1) is 5.82 Å². The molecule has 1 aliphatic heterocycles. The van der Waals surface area contributed by atoms with Gasteiger partial charge in [-0.15, -0.1) is 0 Å². The Labute approximate surface area is 106 Å². The number of nitrogens with zero attached hydrogens (tertiary/aromatic N) is 1. The Morgan fingerprint density at radius 1 is 1.33 bits per heavy atom. The van der Waals surface area contributed by atoms with Gasteiger partial charge in [-0.3, -0.25) is 4.90 Å². The number of rotatable bonds is 3. The second-order valence-corrected chi connectivity index (χ2v) is 4.61. The molecule has 0 fully saturated rings. The van der Waals surface area contributed by atoms with Crippen molar-refractivity contribution in [2.24, 2.45) is 0 Å². The van der Waals surface area contributed by atoms with E-state index in [0.29, 0.717) is 13.1 Å². The summed E-state index contributed by atoms with van der Waals surface area (Å²) in [5.41, 5.74) is 2.12. The average molecular weight is 250 g/mol. The molecule has 2 rings (SSSR count). The van der Waals surface area contributed by atoms with Crippen molar-refractivity contribution in [2.75, 3.05) is 13.1 Å². The highest BCUT2D eigenvalue weighted by Crippen LogP contribution is 2.23. The van der Waals surface area contributed by atoms with Crippen LogP contribution in [0.25, 0.3) is 5.57 Å². The van der Waals surface area contributed by atoms with Crippen LogP contribution in [-0.2, 0) is 5.11 Å². The van der Waals surface area contributed by atoms with Gasteiger partial charge >= 0.3 is 0 Å². The van der Waals surface area contributed by atoms with Crippen molar-refractivity contribution in [1.82, 2.24) is 4.90 Å². The van der Waals surface area contributed by atoms with E-state index >= 15 is 0 Å². The first kappa shape index (κ1) is 13.2. The van der Waals surface area contributed by atoms with Crippen LogP contribution in [0.3, 0.4) is 0 Å². The molecule has 1 aliphatic rings. The Morgan fingerprint density at radius 3 is 2.50 bits per heavy atom. The molecule has 2 atom stereocenters. The molecule has 0 bridgehead atoms. The van der Waals surface area contributed by atoms with Gasteiger partial charge < -0.3 is 5.11 Å². The van der Waals surface area contributed by atoms with Gasteiger partial charge in [0.2, 0.25) is 0 Å². The summed E-state index contributed by atoms with van der Waals surface area (Å²) in [5.74, 6) is -0.245. The molecule has 1 aromatic carbocycles. The molecule has 0 aromatic heterocycles. The van der Waals surface area contributed by atoms with Crippen LogP contribution in [0.5, 0.6) is 0 Å². The summed E-state index contributed by atoms with van der Waals surface area (Å²) in [6.45, 7) is 2.67. The number of halogens is 1. The van der Waals surface area contributed by atoms with E-state index in [4.69, 9.17) is 0 Å². The fraction of sp³-hybridized carbons (Fsp3) is 0.429. The van der Waals surface area contributed by atoms with Crippen LogP contribution >= 0.6 is 0 Å². The molecule has 4 heteroatoms. The van der Waals surface area contributed by atoms with Crippen molar-refractivity contribution in [3.8, 4) is 0 Å². The molecule has 1 radical (unpaired) electrons. The van der Waals surface area contributed by atoms with Crippen molar-refractivity contribution in [2.45, 2.75) is 25.7 Å². The summed E-state index contributed by atoms with van der Waals surface area (Å²) in [6, 6.07) is 6.38. The second kappa shape index (κ2) is 5.61. The summed E-state index contributed by atoms with van der Waals surface area (Å²) >= 11 is 0. The lowest BCUT2D eigenvalue weighted by molar-refractivity contribution is -0.111. The third kappa shape index (κ3) is 2.96. The van der Waals surface area contributed by atoms with Gasteiger partial charge in [-0.25, -0.2) is 9.50 Å². The Hall–Kier alpha value is -1.23. The fourth-order valence-electron chi connectivity index (χ4n) is 2.15. The highest BCUT2D eigenvalue weighted by molar-refractivity contribution is 5.66. The number of aliphatic hydroxyl groups excluding tert-OH is 1. The van der Waals surface area contributed by atoms with Crippen LogP contribution in [0.1, 0.15) is 18.9 Å². The van der Waals surface area contributed by atoms with Crippen LogP contribution in [0.2, 0.25) is 0 Å². The van der Waals surface area contributed by atoms with Gasteiger partial charge in [0.1, 0.15) is 5.82 Å². The molecule has 1 N–H and O–H groups in total. The summed E-state index contributed by atoms with van der Waals surface area (Å²) in [7, 11) is 0. The van der Waals surface area contributed by atoms with E-state index in [9.17, 15) is 14.6 Å². The van der Waals surface area contributed by atoms with Crippen molar-refractivity contribution < 1.29 is 14.6 Å². The summed E-state index contributed by atoms with van der Waals surface area (Å²) in [5, 5.41) is 20.9. The van der Waals surface area contributed by atoms with Gasteiger partial charge in [-0.1, -0.05) is 18.2 Å². The van der Waals surface area contributed by atoms with E-state index in [1.54, 1.807) is 17.0 Å². The Morgan fingerprint density at radius 2 is 2.00 bits per heavy atom. The summed E-state index contributed by atoms with van der Waals surface area (Å²) in [4.78, 5) is 1.71. The molecule has 97 valence electrons. The van der Waals surface area contributed by atoms with E-state index in [-0.39, 0.29) is 5.82 Å². The molecule has 0 saturated heterocycles. The first-order valence-corrected chi connectivity index (χ1v) is 6.11. The molecule has 3 nitrogen and oxygen atoms in total. The minimum Gasteiger partial charge on any atom is -0.389 e. The SMILES string of the molecule is CC(O)C([O])N1CC=C(c2ccc(F)cc2)CC1. The summed E-state index contributed by atoms with van der Waals surface area (Å²) < 4.78 is 12.8. The van der Waals surface area contributed by atoms with Crippen LogP contribution < -0.4 is 0 Å². The molecule has 2 unspecified atom stereocenters. The normalized spacial score (nSPS) is 20.3. The lowest BCUT2D eigenvalue weighted by Crippen LogP contribution is -2.43. The van der Waals surface area contributed by atoms with Gasteiger partial charge in [0.15, 0.2) is 6.23 Å². The first-order chi connectivity index (χ1) is 8.58. The minimum atomic E-state index is -1.07. The van der Waals surface area contributed by atoms with E-state index in [0.717, 1.165) is 17.6 Å². The van der Waals surface area contributed by atoms with E-state index < -0.39 is 12.3 Å². The highest BCUT2D eigenvalue weighted by Gasteiger charge is 2.24. The minimum absolute atomic E-state index is 0.245. The van der Waals surface area contributed by atoms with E-state index in [1.165, 1.54) is 19.1 Å². The maximum atomic E-state index is 12.8. The van der Waals surface area contributed by atoms with Crippen molar-refractivity contribution in [3.63, 3.8) is 0 Å². The topological polar surface area (TPSA) is 43.4 Å². The Balaban J connectivity index is 2.04. The maximum absolute atomic E-state index is 12.8. The zero-order chi connectivity index (χ0) is 13.1. The van der Waals surface area contributed by atoms with Gasteiger partial charge in [0, 0.05) is 13.1 Å². The number of aliphatic hydroxyl groups is 1. The van der Waals surface area contributed by atoms with Gasteiger partial charge in [-0.2, -0.15) is 0 Å². The lowest BCUT2D eigenvalue weighted by Gasteiger charge is -2.30. The van der Waals surface area contributed by atoms with E-state index in [2.05, 4.69) is 0 Å². The molecule has 0 saturated carbocycles. The molecular weight excluding hydrogens is 233 g/mol. The third-order valence-electron chi connectivity index (χ3n) is 3.23. The van der Waals surface area contributed by atoms with Crippen LogP contribution in [0.15, 0.2) is 30.3 Å². The van der Waals surface area contributed by atoms with Crippen molar-refractivity contribution in [3.05, 3.63) is 41.7 Å². The van der Waals surface area contributed by atoms with Crippen molar-refractivity contribution >= 4 is 5.57 Å². The van der Waals surface area contributed by atoms with Crippen LogP contribution in [0.4, 0.5) is 4.39 Å². The monoisotopic (exact) mass is 250 g/mol. The molecule has 1 heterocycles. The Kier molecular flexibility index (Phi) is 4.11. The Bertz CT molecular complexity index is 428. The molecular formula is C14H17FNO2.